The summed E-state index contributed by atoms with van der Waals surface area (Å²) in [6.07, 6.45) is 3.64. The van der Waals surface area contributed by atoms with Crippen LogP contribution in [-0.4, -0.2) is 14.5 Å². The summed E-state index contributed by atoms with van der Waals surface area (Å²) < 4.78 is 2.83. The Bertz CT molecular complexity index is 697. The maximum Gasteiger partial charge on any atom is 0.178 e. The van der Waals surface area contributed by atoms with Gasteiger partial charge in [-0.25, -0.2) is 0 Å². The van der Waals surface area contributed by atoms with Gasteiger partial charge in [0.1, 0.15) is 0 Å². The molecule has 0 aliphatic rings. The zero-order valence-corrected chi connectivity index (χ0v) is 9.95. The molecule has 0 saturated heterocycles. The highest BCUT2D eigenvalue weighted by Crippen LogP contribution is 2.15. The summed E-state index contributed by atoms with van der Waals surface area (Å²) in [5.74, 6) is 0. The van der Waals surface area contributed by atoms with Crippen LogP contribution >= 0.6 is 12.2 Å². The third-order valence-corrected chi connectivity index (χ3v) is 3.07. The third-order valence-electron chi connectivity index (χ3n) is 2.75. The second-order valence-corrected chi connectivity index (χ2v) is 4.28. The average molecular weight is 241 g/mol. The van der Waals surface area contributed by atoms with Crippen LogP contribution in [0.3, 0.4) is 0 Å². The molecule has 0 radical (unpaired) electrons. The largest absolute Gasteiger partial charge is 0.331 e. The van der Waals surface area contributed by atoms with Gasteiger partial charge in [-0.05, 0) is 36.0 Å². The molecule has 0 fully saturated rings. The molecule has 0 atom stereocenters. The van der Waals surface area contributed by atoms with Crippen molar-refractivity contribution < 1.29 is 0 Å². The van der Waals surface area contributed by atoms with Crippen molar-refractivity contribution in [1.82, 2.24) is 14.5 Å². The van der Waals surface area contributed by atoms with Crippen LogP contribution in [-0.2, 0) is 6.54 Å². The summed E-state index contributed by atoms with van der Waals surface area (Å²) in [6.45, 7) is 0.747. The predicted octanol–water partition coefficient (Wildman–Crippen LogP) is 3.14. The van der Waals surface area contributed by atoms with Gasteiger partial charge in [-0.3, -0.25) is 4.98 Å². The number of benzene rings is 1. The number of imidazole rings is 1. The van der Waals surface area contributed by atoms with E-state index < -0.39 is 0 Å². The molecule has 3 nitrogen and oxygen atoms in total. The molecular weight excluding hydrogens is 230 g/mol. The lowest BCUT2D eigenvalue weighted by atomic mass is 10.2. The lowest BCUT2D eigenvalue weighted by molar-refractivity contribution is 0.806. The van der Waals surface area contributed by atoms with Crippen LogP contribution in [0.15, 0.2) is 48.8 Å². The Morgan fingerprint density at radius 3 is 2.88 bits per heavy atom. The van der Waals surface area contributed by atoms with Crippen molar-refractivity contribution in [3.05, 3.63) is 59.1 Å². The van der Waals surface area contributed by atoms with Gasteiger partial charge in [-0.15, -0.1) is 0 Å². The molecule has 2 aromatic heterocycles. The predicted molar refractivity (Wildman–Crippen MR) is 70.5 cm³/mol. The van der Waals surface area contributed by atoms with Crippen molar-refractivity contribution in [2.75, 3.05) is 0 Å². The zero-order valence-electron chi connectivity index (χ0n) is 9.13. The molecule has 0 unspecified atom stereocenters. The fourth-order valence-corrected chi connectivity index (χ4v) is 2.21. The van der Waals surface area contributed by atoms with Crippen LogP contribution in [0.4, 0.5) is 0 Å². The molecule has 17 heavy (non-hydrogen) atoms. The maximum atomic E-state index is 5.34. The first-order valence-corrected chi connectivity index (χ1v) is 5.82. The van der Waals surface area contributed by atoms with Gasteiger partial charge in [0.15, 0.2) is 4.77 Å². The minimum absolute atomic E-state index is 0.745. The fourth-order valence-electron chi connectivity index (χ4n) is 1.94. The fraction of sp³-hybridized carbons (Fsp3) is 0.0769. The summed E-state index contributed by atoms with van der Waals surface area (Å²) in [5, 5.41) is 0. The first-order chi connectivity index (χ1) is 8.34. The van der Waals surface area contributed by atoms with Crippen molar-refractivity contribution in [3.8, 4) is 0 Å². The van der Waals surface area contributed by atoms with Crippen molar-refractivity contribution in [1.29, 1.82) is 0 Å². The highest BCUT2D eigenvalue weighted by atomic mass is 32.1. The molecule has 1 aromatic carbocycles. The lowest BCUT2D eigenvalue weighted by Crippen LogP contribution is -1.99. The molecule has 2 heterocycles. The van der Waals surface area contributed by atoms with E-state index in [1.807, 2.05) is 30.5 Å². The highest BCUT2D eigenvalue weighted by molar-refractivity contribution is 7.71. The van der Waals surface area contributed by atoms with Crippen LogP contribution in [0.25, 0.3) is 11.0 Å². The molecule has 0 spiro atoms. The number of aromatic nitrogens is 3. The molecule has 0 amide bonds. The van der Waals surface area contributed by atoms with E-state index in [2.05, 4.69) is 26.7 Å². The first-order valence-electron chi connectivity index (χ1n) is 5.41. The number of pyridine rings is 1. The number of aromatic amines is 1. The number of hydrogen-bond donors (Lipinski definition) is 1. The monoisotopic (exact) mass is 241 g/mol. The molecule has 3 rings (SSSR count). The normalized spacial score (nSPS) is 10.8. The first kappa shape index (κ1) is 10.2. The molecule has 1 N–H and O–H groups in total. The van der Waals surface area contributed by atoms with Crippen LogP contribution in [0.1, 0.15) is 5.56 Å². The quantitative estimate of drug-likeness (QED) is 0.699. The van der Waals surface area contributed by atoms with Gasteiger partial charge in [-0.2, -0.15) is 0 Å². The zero-order chi connectivity index (χ0) is 11.7. The number of nitrogens with one attached hydrogen (secondary N) is 1. The minimum Gasteiger partial charge on any atom is -0.331 e. The molecule has 0 saturated carbocycles. The third kappa shape index (κ3) is 1.87. The SMILES string of the molecule is S=c1[nH]c2ccccc2n1Cc1cccnc1. The minimum atomic E-state index is 0.745. The number of fused-ring (bicyclic) bond motifs is 1. The smallest absolute Gasteiger partial charge is 0.178 e. The number of H-pyrrole nitrogens is 1. The summed E-state index contributed by atoms with van der Waals surface area (Å²) in [6, 6.07) is 12.1. The van der Waals surface area contributed by atoms with Crippen LogP contribution in [0.2, 0.25) is 0 Å². The highest BCUT2D eigenvalue weighted by Gasteiger charge is 2.03. The second-order valence-electron chi connectivity index (χ2n) is 3.89. The molecule has 0 aliphatic heterocycles. The van der Waals surface area contributed by atoms with E-state index in [1.165, 1.54) is 0 Å². The topological polar surface area (TPSA) is 33.6 Å². The van der Waals surface area contributed by atoms with Crippen LogP contribution in [0, 0.1) is 4.77 Å². The Kier molecular flexibility index (Phi) is 2.49. The summed E-state index contributed by atoms with van der Waals surface area (Å²) in [5.41, 5.74) is 3.34. The Balaban J connectivity index is 2.12. The van der Waals surface area contributed by atoms with E-state index in [0.29, 0.717) is 0 Å². The van der Waals surface area contributed by atoms with Gasteiger partial charge < -0.3 is 9.55 Å². The number of nitrogens with zero attached hydrogens (tertiary/aromatic N) is 2. The van der Waals surface area contributed by atoms with Crippen molar-refractivity contribution >= 4 is 23.3 Å². The Morgan fingerprint density at radius 2 is 2.06 bits per heavy atom. The molecular formula is C13H11N3S. The van der Waals surface area contributed by atoms with E-state index >= 15 is 0 Å². The van der Waals surface area contributed by atoms with Crippen molar-refractivity contribution in [2.45, 2.75) is 6.54 Å². The van der Waals surface area contributed by atoms with Gasteiger partial charge >= 0.3 is 0 Å². The van der Waals surface area contributed by atoms with E-state index in [-0.39, 0.29) is 0 Å². The lowest BCUT2D eigenvalue weighted by Gasteiger charge is -2.03. The summed E-state index contributed by atoms with van der Waals surface area (Å²) in [7, 11) is 0. The van der Waals surface area contributed by atoms with E-state index in [0.717, 1.165) is 27.9 Å². The Labute approximate surface area is 104 Å². The van der Waals surface area contributed by atoms with Gasteiger partial charge in [0.25, 0.3) is 0 Å². The summed E-state index contributed by atoms with van der Waals surface area (Å²) in [4.78, 5) is 7.32. The van der Waals surface area contributed by atoms with Gasteiger partial charge in [-0.1, -0.05) is 18.2 Å². The van der Waals surface area contributed by atoms with E-state index in [4.69, 9.17) is 12.2 Å². The van der Waals surface area contributed by atoms with Gasteiger partial charge in [0.2, 0.25) is 0 Å². The van der Waals surface area contributed by atoms with Gasteiger partial charge in [0.05, 0.1) is 17.6 Å². The average Bonchev–Trinajstić information content (AvgIpc) is 2.68. The number of rotatable bonds is 2. The van der Waals surface area contributed by atoms with E-state index in [1.54, 1.807) is 6.20 Å². The molecule has 0 bridgehead atoms. The number of hydrogen-bond acceptors (Lipinski definition) is 2. The molecule has 3 aromatic rings. The standard InChI is InChI=1S/C13H11N3S/c17-13-15-11-5-1-2-6-12(11)16(13)9-10-4-3-7-14-8-10/h1-8H,9H2,(H,15,17). The van der Waals surface area contributed by atoms with Crippen LogP contribution in [0.5, 0.6) is 0 Å². The number of para-hydroxylation sites is 2. The molecule has 4 heteroatoms. The second kappa shape index (κ2) is 4.14. The summed E-state index contributed by atoms with van der Waals surface area (Å²) >= 11 is 5.34. The Morgan fingerprint density at radius 1 is 1.18 bits per heavy atom. The van der Waals surface area contributed by atoms with E-state index in [9.17, 15) is 0 Å². The Hall–Kier alpha value is -1.94. The van der Waals surface area contributed by atoms with Crippen molar-refractivity contribution in [2.24, 2.45) is 0 Å². The van der Waals surface area contributed by atoms with Crippen molar-refractivity contribution in [3.63, 3.8) is 0 Å². The maximum absolute atomic E-state index is 5.34. The van der Waals surface area contributed by atoms with Gasteiger partial charge in [0, 0.05) is 12.4 Å². The molecule has 0 aliphatic carbocycles. The van der Waals surface area contributed by atoms with Crippen LogP contribution < -0.4 is 0 Å². The molecule has 84 valence electrons.